The van der Waals surface area contributed by atoms with Crippen LogP contribution in [0.25, 0.3) is 11.1 Å². The summed E-state index contributed by atoms with van der Waals surface area (Å²) < 4.78 is 5.31. The number of carbonyl (C=O) groups excluding carboxylic acids is 3. The molecule has 3 aromatic carbocycles. The quantitative estimate of drug-likeness (QED) is 0.442. The van der Waals surface area contributed by atoms with Crippen LogP contribution in [0.1, 0.15) is 56.9 Å². The Labute approximate surface area is 241 Å². The van der Waals surface area contributed by atoms with Crippen molar-refractivity contribution in [2.45, 2.75) is 71.3 Å². The summed E-state index contributed by atoms with van der Waals surface area (Å²) in [4.78, 5) is 41.2. The highest BCUT2D eigenvalue weighted by molar-refractivity contribution is 5.94. The minimum Gasteiger partial charge on any atom is -0.444 e. The average molecular weight is 553 g/mol. The molecule has 0 fully saturated rings. The molecular weight excluding hydrogens is 516 g/mol. The third-order valence-electron chi connectivity index (χ3n) is 6.89. The van der Waals surface area contributed by atoms with Gasteiger partial charge in [-0.3, -0.25) is 9.59 Å². The number of nitrogens with one attached hydrogen (secondary N) is 2. The monoisotopic (exact) mass is 552 g/mol. The van der Waals surface area contributed by atoms with E-state index < -0.39 is 29.2 Å². The zero-order valence-electron chi connectivity index (χ0n) is 24.2. The van der Waals surface area contributed by atoms with Crippen molar-refractivity contribution in [1.29, 1.82) is 5.26 Å². The number of carbonyl (C=O) groups is 3. The third-order valence-corrected chi connectivity index (χ3v) is 6.89. The van der Waals surface area contributed by atoms with E-state index in [0.29, 0.717) is 25.1 Å². The molecule has 1 heterocycles. The van der Waals surface area contributed by atoms with Crippen LogP contribution in [0.3, 0.4) is 0 Å². The van der Waals surface area contributed by atoms with Gasteiger partial charge in [-0.2, -0.15) is 5.26 Å². The van der Waals surface area contributed by atoms with E-state index in [1.807, 2.05) is 66.7 Å². The predicted octanol–water partition coefficient (Wildman–Crippen LogP) is 5.10. The highest BCUT2D eigenvalue weighted by Crippen LogP contribution is 2.26. The van der Waals surface area contributed by atoms with Gasteiger partial charge in [0.1, 0.15) is 17.2 Å². The number of alkyl carbamates (subject to hydrolysis) is 1. The molecule has 1 atom stereocenters. The van der Waals surface area contributed by atoms with E-state index in [0.717, 1.165) is 27.8 Å². The third kappa shape index (κ3) is 7.31. The van der Waals surface area contributed by atoms with Gasteiger partial charge >= 0.3 is 6.09 Å². The van der Waals surface area contributed by atoms with Gasteiger partial charge in [-0.1, -0.05) is 66.7 Å². The lowest BCUT2D eigenvalue weighted by Gasteiger charge is -2.30. The van der Waals surface area contributed by atoms with Crippen molar-refractivity contribution in [2.75, 3.05) is 0 Å². The van der Waals surface area contributed by atoms with Gasteiger partial charge in [0.25, 0.3) is 0 Å². The molecule has 0 saturated carbocycles. The predicted molar refractivity (Wildman–Crippen MR) is 156 cm³/mol. The molecule has 1 aliphatic rings. The number of hydrogen-bond acceptors (Lipinski definition) is 5. The smallest absolute Gasteiger partial charge is 0.408 e. The Morgan fingerprint density at radius 2 is 1.59 bits per heavy atom. The lowest BCUT2D eigenvalue weighted by molar-refractivity contribution is -0.138. The van der Waals surface area contributed by atoms with E-state index in [9.17, 15) is 19.6 Å². The van der Waals surface area contributed by atoms with Gasteiger partial charge in [-0.05, 0) is 68.5 Å². The zero-order valence-corrected chi connectivity index (χ0v) is 24.2. The molecule has 0 bridgehead atoms. The number of benzene rings is 3. The molecule has 0 aliphatic carbocycles. The van der Waals surface area contributed by atoms with Crippen molar-refractivity contribution in [1.82, 2.24) is 15.5 Å². The van der Waals surface area contributed by atoms with Gasteiger partial charge in [0.05, 0.1) is 11.6 Å². The summed E-state index contributed by atoms with van der Waals surface area (Å²) in [7, 11) is 0. The molecule has 3 amide bonds. The van der Waals surface area contributed by atoms with Crippen molar-refractivity contribution >= 4 is 17.9 Å². The molecule has 1 unspecified atom stereocenters. The van der Waals surface area contributed by atoms with Crippen LogP contribution >= 0.6 is 0 Å². The molecule has 212 valence electrons. The van der Waals surface area contributed by atoms with E-state index in [1.54, 1.807) is 45.6 Å². The highest BCUT2D eigenvalue weighted by Gasteiger charge is 2.37. The maximum absolute atomic E-state index is 13.8. The molecule has 8 heteroatoms. The zero-order chi connectivity index (χ0) is 29.8. The topological polar surface area (TPSA) is 112 Å². The Balaban J connectivity index is 1.53. The number of amides is 3. The van der Waals surface area contributed by atoms with Crippen LogP contribution in [-0.4, -0.2) is 40.0 Å². The molecule has 4 rings (SSSR count). The van der Waals surface area contributed by atoms with E-state index >= 15 is 0 Å². The maximum Gasteiger partial charge on any atom is 0.408 e. The lowest BCUT2D eigenvalue weighted by Crippen LogP contribution is -2.59. The number of fused-ring (bicyclic) bond motifs is 1. The summed E-state index contributed by atoms with van der Waals surface area (Å²) in [5, 5.41) is 15.0. The second kappa shape index (κ2) is 11.8. The number of rotatable bonds is 6. The second-order valence-electron chi connectivity index (χ2n) is 11.8. The summed E-state index contributed by atoms with van der Waals surface area (Å²) in [6.07, 6.45) is -0.374. The lowest BCUT2D eigenvalue weighted by atomic mass is 9.99. The van der Waals surface area contributed by atoms with Gasteiger partial charge < -0.3 is 20.3 Å². The van der Waals surface area contributed by atoms with E-state index in [2.05, 4.69) is 16.7 Å². The van der Waals surface area contributed by atoms with Crippen LogP contribution in [0.2, 0.25) is 0 Å². The molecule has 3 aromatic rings. The van der Waals surface area contributed by atoms with Crippen molar-refractivity contribution < 1.29 is 19.1 Å². The normalized spacial score (nSPS) is 15.3. The van der Waals surface area contributed by atoms with Crippen LogP contribution in [0.15, 0.2) is 72.8 Å². The maximum atomic E-state index is 13.8. The summed E-state index contributed by atoms with van der Waals surface area (Å²) in [6.45, 7) is 9.13. The van der Waals surface area contributed by atoms with Crippen molar-refractivity contribution in [3.05, 3.63) is 95.1 Å². The first kappa shape index (κ1) is 29.3. The first-order chi connectivity index (χ1) is 19.4. The van der Waals surface area contributed by atoms with Gasteiger partial charge in [0.15, 0.2) is 0 Å². The Morgan fingerprint density at radius 3 is 2.24 bits per heavy atom. The van der Waals surface area contributed by atoms with E-state index in [4.69, 9.17) is 4.74 Å². The van der Waals surface area contributed by atoms with Crippen LogP contribution in [0.5, 0.6) is 0 Å². The van der Waals surface area contributed by atoms with Gasteiger partial charge in [-0.25, -0.2) is 4.79 Å². The van der Waals surface area contributed by atoms with E-state index in [1.165, 1.54) is 0 Å². The Morgan fingerprint density at radius 1 is 0.951 bits per heavy atom. The fourth-order valence-corrected chi connectivity index (χ4v) is 4.77. The Bertz CT molecular complexity index is 1480. The first-order valence-electron chi connectivity index (χ1n) is 13.6. The summed E-state index contributed by atoms with van der Waals surface area (Å²) >= 11 is 0. The molecular formula is C33H36N4O4. The number of nitrogens with zero attached hydrogens (tertiary/aromatic N) is 2. The van der Waals surface area contributed by atoms with Crippen LogP contribution in [0.4, 0.5) is 4.79 Å². The fraction of sp³-hybridized carbons (Fsp3) is 0.333. The molecule has 1 aliphatic heterocycles. The number of hydrogen-bond donors (Lipinski definition) is 2. The van der Waals surface area contributed by atoms with Crippen LogP contribution in [-0.2, 0) is 33.8 Å². The van der Waals surface area contributed by atoms with Crippen molar-refractivity contribution in [3.63, 3.8) is 0 Å². The molecule has 2 N–H and O–H groups in total. The van der Waals surface area contributed by atoms with Crippen molar-refractivity contribution in [2.24, 2.45) is 0 Å². The number of ether oxygens (including phenoxy) is 1. The van der Waals surface area contributed by atoms with Gasteiger partial charge in [0, 0.05) is 19.5 Å². The molecule has 0 aromatic heterocycles. The molecule has 8 nitrogen and oxygen atoms in total. The minimum atomic E-state index is -1.31. The summed E-state index contributed by atoms with van der Waals surface area (Å²) in [6, 6.07) is 24.5. The number of nitriles is 1. The summed E-state index contributed by atoms with van der Waals surface area (Å²) in [5.74, 6) is -0.692. The second-order valence-corrected chi connectivity index (χ2v) is 11.8. The largest absolute Gasteiger partial charge is 0.444 e. The van der Waals surface area contributed by atoms with Crippen molar-refractivity contribution in [3.8, 4) is 17.2 Å². The average Bonchev–Trinajstić information content (AvgIpc) is 3.04. The first-order valence-corrected chi connectivity index (χ1v) is 13.6. The van der Waals surface area contributed by atoms with E-state index in [-0.39, 0.29) is 5.91 Å². The van der Waals surface area contributed by atoms with Crippen LogP contribution < -0.4 is 10.6 Å². The minimum absolute atomic E-state index is 0.207. The van der Waals surface area contributed by atoms with Gasteiger partial charge in [-0.15, -0.1) is 0 Å². The van der Waals surface area contributed by atoms with Crippen LogP contribution in [0, 0.1) is 11.3 Å². The molecule has 0 spiro atoms. The van der Waals surface area contributed by atoms with Gasteiger partial charge in [0.2, 0.25) is 11.8 Å². The standard InChI is InChI=1S/C33H36N4O4/c1-32(2,3)41-31(40)36-33(4,5)30(39)35-28-18-24-10-6-7-12-26(24)21-37(29(28)38)20-22-14-16-23(17-15-22)27-13-9-8-11-25(27)19-34/h6-17,28H,18,20-21H2,1-5H3,(H,35,39)(H,36,40). The fourth-order valence-electron chi connectivity index (χ4n) is 4.77. The highest BCUT2D eigenvalue weighted by atomic mass is 16.6. The molecule has 0 saturated heterocycles. The Kier molecular flexibility index (Phi) is 8.48. The SMILES string of the molecule is CC(C)(C)OC(=O)NC(C)(C)C(=O)NC1Cc2ccccc2CN(Cc2ccc(-c3ccccc3C#N)cc2)C1=O. The molecule has 0 radical (unpaired) electrons. The summed E-state index contributed by atoms with van der Waals surface area (Å²) in [5.41, 5.74) is 3.27. The molecule has 41 heavy (non-hydrogen) atoms. The Hall–Kier alpha value is -4.64.